The van der Waals surface area contributed by atoms with Crippen LogP contribution in [0.25, 0.3) is 0 Å². The molecule has 0 saturated carbocycles. The molecule has 10 heteroatoms. The highest BCUT2D eigenvalue weighted by Crippen LogP contribution is 2.32. The van der Waals surface area contributed by atoms with Crippen LogP contribution in [0.15, 0.2) is 48.5 Å². The van der Waals surface area contributed by atoms with Gasteiger partial charge in [0.05, 0.1) is 11.0 Å². The van der Waals surface area contributed by atoms with Gasteiger partial charge >= 0.3 is 12.1 Å². The fraction of sp³-hybridized carbons (Fsp3) is 0.316. The largest absolute Gasteiger partial charge is 0.471 e. The molecule has 0 aliphatic carbocycles. The number of alkyl halides is 3. The SMILES string of the molecule is O=C(NC1CN(c2ccc([N+](=O)[O-])cc2)CCC1c1ccc(F)cc1)C(F)(F)F. The predicted molar refractivity (Wildman–Crippen MR) is 97.1 cm³/mol. The zero-order chi connectivity index (χ0) is 21.2. The van der Waals surface area contributed by atoms with Gasteiger partial charge in [0.1, 0.15) is 5.82 Å². The minimum Gasteiger partial charge on any atom is -0.369 e. The van der Waals surface area contributed by atoms with Crippen LogP contribution in [0.2, 0.25) is 0 Å². The smallest absolute Gasteiger partial charge is 0.369 e. The van der Waals surface area contributed by atoms with Crippen LogP contribution in [0.5, 0.6) is 0 Å². The summed E-state index contributed by atoms with van der Waals surface area (Å²) < 4.78 is 51.6. The third-order valence-electron chi connectivity index (χ3n) is 4.91. The highest BCUT2D eigenvalue weighted by molar-refractivity contribution is 5.82. The topological polar surface area (TPSA) is 75.5 Å². The van der Waals surface area contributed by atoms with Gasteiger partial charge in [0.15, 0.2) is 0 Å². The summed E-state index contributed by atoms with van der Waals surface area (Å²) in [4.78, 5) is 23.5. The number of benzene rings is 2. The fourth-order valence-electron chi connectivity index (χ4n) is 3.48. The van der Waals surface area contributed by atoms with Gasteiger partial charge in [0.2, 0.25) is 0 Å². The average molecular weight is 411 g/mol. The summed E-state index contributed by atoms with van der Waals surface area (Å²) in [6.07, 6.45) is -4.62. The summed E-state index contributed by atoms with van der Waals surface area (Å²) >= 11 is 0. The number of hydrogen-bond donors (Lipinski definition) is 1. The molecule has 29 heavy (non-hydrogen) atoms. The van der Waals surface area contributed by atoms with Gasteiger partial charge < -0.3 is 10.2 Å². The van der Waals surface area contributed by atoms with Crippen molar-refractivity contribution in [1.82, 2.24) is 5.32 Å². The zero-order valence-electron chi connectivity index (χ0n) is 15.0. The standard InChI is InChI=1S/C19H17F4N3O3/c20-13-3-1-12(2-4-13)16-9-10-25(11-17(16)24-18(27)19(21,22)23)14-5-7-15(8-6-14)26(28)29/h1-8,16-17H,9-11H2,(H,24,27). The Morgan fingerprint density at radius 1 is 1.10 bits per heavy atom. The molecule has 0 bridgehead atoms. The monoisotopic (exact) mass is 411 g/mol. The van der Waals surface area contributed by atoms with Gasteiger partial charge in [-0.3, -0.25) is 14.9 Å². The van der Waals surface area contributed by atoms with Crippen molar-refractivity contribution in [3.05, 3.63) is 70.0 Å². The maximum atomic E-state index is 13.2. The molecule has 1 aliphatic heterocycles. The molecule has 2 unspecified atom stereocenters. The van der Waals surface area contributed by atoms with Crippen LogP contribution in [-0.4, -0.2) is 36.1 Å². The molecule has 1 N–H and O–H groups in total. The van der Waals surface area contributed by atoms with Crippen molar-refractivity contribution in [2.24, 2.45) is 0 Å². The first-order chi connectivity index (χ1) is 13.6. The van der Waals surface area contributed by atoms with Crippen LogP contribution in [0, 0.1) is 15.9 Å². The lowest BCUT2D eigenvalue weighted by Crippen LogP contribution is -2.54. The van der Waals surface area contributed by atoms with Crippen molar-refractivity contribution < 1.29 is 27.3 Å². The van der Waals surface area contributed by atoms with Crippen LogP contribution in [0.4, 0.5) is 28.9 Å². The summed E-state index contributed by atoms with van der Waals surface area (Å²) in [6.45, 7) is 0.528. The Morgan fingerprint density at radius 2 is 1.72 bits per heavy atom. The van der Waals surface area contributed by atoms with E-state index in [9.17, 15) is 32.5 Å². The van der Waals surface area contributed by atoms with Crippen molar-refractivity contribution in [3.63, 3.8) is 0 Å². The molecule has 0 aromatic heterocycles. The molecule has 0 spiro atoms. The van der Waals surface area contributed by atoms with Gasteiger partial charge in [0, 0.05) is 36.8 Å². The van der Waals surface area contributed by atoms with Gasteiger partial charge in [-0.15, -0.1) is 0 Å². The second-order valence-corrected chi connectivity index (χ2v) is 6.74. The Balaban J connectivity index is 1.84. The van der Waals surface area contributed by atoms with Crippen molar-refractivity contribution in [1.29, 1.82) is 0 Å². The second-order valence-electron chi connectivity index (χ2n) is 6.74. The fourth-order valence-corrected chi connectivity index (χ4v) is 3.48. The van der Waals surface area contributed by atoms with Crippen molar-refractivity contribution in [3.8, 4) is 0 Å². The zero-order valence-corrected chi connectivity index (χ0v) is 15.0. The quantitative estimate of drug-likeness (QED) is 0.472. The van der Waals surface area contributed by atoms with E-state index in [0.29, 0.717) is 24.2 Å². The molecule has 0 radical (unpaired) electrons. The van der Waals surface area contributed by atoms with Crippen molar-refractivity contribution >= 4 is 17.3 Å². The number of hydrogen-bond acceptors (Lipinski definition) is 4. The van der Waals surface area contributed by atoms with Crippen LogP contribution in [0.1, 0.15) is 17.9 Å². The summed E-state index contributed by atoms with van der Waals surface area (Å²) in [5, 5.41) is 12.8. The average Bonchev–Trinajstić information content (AvgIpc) is 2.68. The molecule has 1 aliphatic rings. The van der Waals surface area contributed by atoms with E-state index in [1.807, 2.05) is 5.32 Å². The minimum atomic E-state index is -5.02. The summed E-state index contributed by atoms with van der Waals surface area (Å²) in [5.41, 5.74) is 1.12. The Bertz CT molecular complexity index is 885. The Morgan fingerprint density at radius 3 is 2.28 bits per heavy atom. The van der Waals surface area contributed by atoms with Gasteiger partial charge in [-0.05, 0) is 36.2 Å². The lowest BCUT2D eigenvalue weighted by Gasteiger charge is -2.40. The number of non-ortho nitro benzene ring substituents is 1. The normalized spacial score (nSPS) is 19.7. The highest BCUT2D eigenvalue weighted by atomic mass is 19.4. The van der Waals surface area contributed by atoms with Crippen LogP contribution >= 0.6 is 0 Å². The van der Waals surface area contributed by atoms with Crippen molar-refractivity contribution in [2.45, 2.75) is 24.6 Å². The number of nitro groups is 1. The number of rotatable bonds is 4. The first-order valence-corrected chi connectivity index (χ1v) is 8.77. The molecule has 1 fully saturated rings. The van der Waals surface area contributed by atoms with E-state index in [4.69, 9.17) is 0 Å². The van der Waals surface area contributed by atoms with Gasteiger partial charge in [-0.1, -0.05) is 12.1 Å². The van der Waals surface area contributed by atoms with E-state index < -0.39 is 34.8 Å². The van der Waals surface area contributed by atoms with E-state index in [-0.39, 0.29) is 12.2 Å². The van der Waals surface area contributed by atoms with Crippen LogP contribution < -0.4 is 10.2 Å². The highest BCUT2D eigenvalue weighted by Gasteiger charge is 2.42. The number of halogens is 4. The third kappa shape index (κ3) is 4.82. The van der Waals surface area contributed by atoms with Gasteiger partial charge in [-0.25, -0.2) is 4.39 Å². The number of nitro benzene ring substituents is 1. The molecular weight excluding hydrogens is 394 g/mol. The second kappa shape index (κ2) is 8.06. The molecule has 2 atom stereocenters. The molecule has 2 aromatic rings. The summed E-state index contributed by atoms with van der Waals surface area (Å²) in [6, 6.07) is 10.2. The Labute approximate surface area is 163 Å². The van der Waals surface area contributed by atoms with Gasteiger partial charge in [-0.2, -0.15) is 13.2 Å². The molecule has 2 aromatic carbocycles. The van der Waals surface area contributed by atoms with Gasteiger partial charge in [0.25, 0.3) is 5.69 Å². The van der Waals surface area contributed by atoms with E-state index in [1.54, 1.807) is 4.90 Å². The van der Waals surface area contributed by atoms with E-state index in [1.165, 1.54) is 48.5 Å². The Hall–Kier alpha value is -3.17. The molecule has 1 saturated heterocycles. The van der Waals surface area contributed by atoms with Crippen LogP contribution in [0.3, 0.4) is 0 Å². The van der Waals surface area contributed by atoms with Crippen LogP contribution in [-0.2, 0) is 4.79 Å². The minimum absolute atomic E-state index is 0.0711. The summed E-state index contributed by atoms with van der Waals surface area (Å²) in [7, 11) is 0. The number of nitrogens with one attached hydrogen (secondary N) is 1. The number of carbonyl (C=O) groups is 1. The number of anilines is 1. The van der Waals surface area contributed by atoms with Crippen molar-refractivity contribution in [2.75, 3.05) is 18.0 Å². The molecule has 6 nitrogen and oxygen atoms in total. The summed E-state index contributed by atoms with van der Waals surface area (Å²) in [5.74, 6) is -2.94. The third-order valence-corrected chi connectivity index (χ3v) is 4.91. The lowest BCUT2D eigenvalue weighted by atomic mass is 9.85. The predicted octanol–water partition coefficient (Wildman–Crippen LogP) is 3.77. The molecule has 154 valence electrons. The molecular formula is C19H17F4N3O3. The number of carbonyl (C=O) groups excluding carboxylic acids is 1. The number of nitrogens with zero attached hydrogens (tertiary/aromatic N) is 2. The molecule has 3 rings (SSSR count). The molecule has 1 amide bonds. The maximum absolute atomic E-state index is 13.2. The number of piperidine rings is 1. The first-order valence-electron chi connectivity index (χ1n) is 8.77. The number of amides is 1. The Kier molecular flexibility index (Phi) is 5.71. The van der Waals surface area contributed by atoms with E-state index >= 15 is 0 Å². The first kappa shape index (κ1) is 20.6. The molecule has 1 heterocycles. The van der Waals surface area contributed by atoms with E-state index in [0.717, 1.165) is 0 Å². The maximum Gasteiger partial charge on any atom is 0.471 e. The van der Waals surface area contributed by atoms with E-state index in [2.05, 4.69) is 0 Å². The lowest BCUT2D eigenvalue weighted by molar-refractivity contribution is -0.384.